The molecule has 1 aliphatic rings. The monoisotopic (exact) mass is 564 g/mol. The summed E-state index contributed by atoms with van der Waals surface area (Å²) in [6.45, 7) is 4.20. The molecule has 0 atom stereocenters. The van der Waals surface area contributed by atoms with Crippen LogP contribution in [0.2, 0.25) is 0 Å². The lowest BCUT2D eigenvalue weighted by Gasteiger charge is -2.15. The molecule has 0 bridgehead atoms. The third kappa shape index (κ3) is 4.75. The van der Waals surface area contributed by atoms with Crippen molar-refractivity contribution in [3.8, 4) is 11.5 Å². The number of sulfonamides is 1. The lowest BCUT2D eigenvalue weighted by molar-refractivity contribution is -0.118. The second-order valence-corrected chi connectivity index (χ2v) is 11.4. The number of fused-ring (bicyclic) bond motifs is 2. The molecule has 0 saturated carbocycles. The van der Waals surface area contributed by atoms with Crippen molar-refractivity contribution in [3.63, 3.8) is 0 Å². The largest absolute Gasteiger partial charge is 0.492 e. The second kappa shape index (κ2) is 10.5. The van der Waals surface area contributed by atoms with Gasteiger partial charge < -0.3 is 9.47 Å². The number of hydrogen-bond acceptors (Lipinski definition) is 8. The maximum atomic E-state index is 13.7. The molecular weight excluding hydrogens is 540 g/mol. The van der Waals surface area contributed by atoms with Gasteiger partial charge in [0, 0.05) is 10.8 Å². The van der Waals surface area contributed by atoms with Crippen molar-refractivity contribution in [1.82, 2.24) is 4.72 Å². The van der Waals surface area contributed by atoms with Gasteiger partial charge in [0.1, 0.15) is 15.7 Å². The maximum absolute atomic E-state index is 13.7. The third-order valence-electron chi connectivity index (χ3n) is 6.10. The number of thiophene rings is 1. The Bertz CT molecular complexity index is 1630. The fraction of sp³-hybridized carbons (Fsp3) is 0.179. The van der Waals surface area contributed by atoms with Crippen LogP contribution in [-0.4, -0.2) is 39.4 Å². The standard InChI is InChI=1S/C28H24N2O7S2/c1-3-36-25-19-8-5-6-9-20(19)26(37-4-2)24-23(25)27(32)30(28(24)33)18-13-11-17(12-14-18)16-21(31)29-39(34,35)22-10-7-15-38-22/h5-15H,3-4,16H2,1-2H3,(H,29,31). The molecule has 3 aromatic carbocycles. The van der Waals surface area contributed by atoms with E-state index in [9.17, 15) is 22.8 Å². The zero-order valence-corrected chi connectivity index (χ0v) is 22.7. The number of ether oxygens (including phenoxy) is 2. The Morgan fingerprint density at radius 2 is 1.41 bits per heavy atom. The highest BCUT2D eigenvalue weighted by Crippen LogP contribution is 2.46. The zero-order chi connectivity index (χ0) is 27.7. The van der Waals surface area contributed by atoms with Gasteiger partial charge in [0.25, 0.3) is 21.8 Å². The molecule has 0 fully saturated rings. The van der Waals surface area contributed by atoms with Gasteiger partial charge in [0.2, 0.25) is 5.91 Å². The Balaban J connectivity index is 1.45. The van der Waals surface area contributed by atoms with Crippen LogP contribution in [0.1, 0.15) is 40.1 Å². The van der Waals surface area contributed by atoms with Gasteiger partial charge in [0.05, 0.1) is 36.4 Å². The highest BCUT2D eigenvalue weighted by atomic mass is 32.2. The van der Waals surface area contributed by atoms with Crippen molar-refractivity contribution in [2.24, 2.45) is 0 Å². The van der Waals surface area contributed by atoms with Gasteiger partial charge in [0.15, 0.2) is 0 Å². The number of carbonyl (C=O) groups excluding carboxylic acids is 3. The Labute approximate surface area is 229 Å². The molecule has 0 radical (unpaired) electrons. The van der Waals surface area contributed by atoms with Crippen molar-refractivity contribution >= 4 is 55.5 Å². The molecule has 39 heavy (non-hydrogen) atoms. The van der Waals surface area contributed by atoms with Crippen LogP contribution in [-0.2, 0) is 21.2 Å². The van der Waals surface area contributed by atoms with Gasteiger partial charge in [-0.15, -0.1) is 11.3 Å². The van der Waals surface area contributed by atoms with Crippen LogP contribution in [0.5, 0.6) is 11.5 Å². The van der Waals surface area contributed by atoms with E-state index < -0.39 is 27.7 Å². The van der Waals surface area contributed by atoms with Crippen LogP contribution < -0.4 is 19.1 Å². The Morgan fingerprint density at radius 1 is 0.846 bits per heavy atom. The van der Waals surface area contributed by atoms with Gasteiger partial charge in [-0.3, -0.25) is 14.4 Å². The Hall–Kier alpha value is -4.22. The minimum absolute atomic E-state index is 0.0438. The van der Waals surface area contributed by atoms with E-state index in [-0.39, 0.29) is 21.8 Å². The van der Waals surface area contributed by atoms with Crippen molar-refractivity contribution < 1.29 is 32.3 Å². The number of hydrogen-bond donors (Lipinski definition) is 1. The summed E-state index contributed by atoms with van der Waals surface area (Å²) in [4.78, 5) is 40.8. The summed E-state index contributed by atoms with van der Waals surface area (Å²) >= 11 is 1.01. The Kier molecular flexibility index (Phi) is 7.11. The molecule has 0 unspecified atom stereocenters. The molecule has 0 spiro atoms. The highest BCUT2D eigenvalue weighted by Gasteiger charge is 2.43. The average Bonchev–Trinajstić information content (AvgIpc) is 3.54. The number of nitrogens with one attached hydrogen (secondary N) is 1. The molecule has 3 amide bonds. The van der Waals surface area contributed by atoms with Crippen LogP contribution in [0.3, 0.4) is 0 Å². The predicted molar refractivity (Wildman–Crippen MR) is 147 cm³/mol. The molecule has 2 heterocycles. The SMILES string of the molecule is CCOc1c2c(c(OCC)c3ccccc13)C(=O)N(c1ccc(CC(=O)NS(=O)(=O)c3cccs3)cc1)C2=O. The first-order valence-corrected chi connectivity index (χ1v) is 14.5. The molecule has 1 N–H and O–H groups in total. The van der Waals surface area contributed by atoms with E-state index in [2.05, 4.69) is 4.72 Å². The first-order chi connectivity index (χ1) is 18.8. The highest BCUT2D eigenvalue weighted by molar-refractivity contribution is 7.92. The number of imide groups is 1. The van der Waals surface area contributed by atoms with E-state index in [4.69, 9.17) is 9.47 Å². The minimum Gasteiger partial charge on any atom is -0.492 e. The lowest BCUT2D eigenvalue weighted by Crippen LogP contribution is -2.31. The molecule has 4 aromatic rings. The predicted octanol–water partition coefficient (Wildman–Crippen LogP) is 4.55. The molecule has 0 saturated heterocycles. The first kappa shape index (κ1) is 26.4. The fourth-order valence-corrected chi connectivity index (χ4v) is 6.50. The van der Waals surface area contributed by atoms with Crippen LogP contribution >= 0.6 is 11.3 Å². The van der Waals surface area contributed by atoms with Gasteiger partial charge in [-0.25, -0.2) is 18.0 Å². The fourth-order valence-electron chi connectivity index (χ4n) is 4.52. The zero-order valence-electron chi connectivity index (χ0n) is 21.1. The third-order valence-corrected chi connectivity index (χ3v) is 8.87. The van der Waals surface area contributed by atoms with E-state index >= 15 is 0 Å². The quantitative estimate of drug-likeness (QED) is 0.296. The molecule has 0 aliphatic carbocycles. The number of rotatable bonds is 9. The van der Waals surface area contributed by atoms with E-state index in [1.54, 1.807) is 49.6 Å². The summed E-state index contributed by atoms with van der Waals surface area (Å²) in [5.41, 5.74) is 1.09. The summed E-state index contributed by atoms with van der Waals surface area (Å²) < 4.78 is 38.5. The minimum atomic E-state index is -3.94. The molecular formula is C28H24N2O7S2. The second-order valence-electron chi connectivity index (χ2n) is 8.57. The van der Waals surface area contributed by atoms with Crippen molar-refractivity contribution in [2.45, 2.75) is 24.5 Å². The van der Waals surface area contributed by atoms with Crippen LogP contribution in [0.4, 0.5) is 5.69 Å². The van der Waals surface area contributed by atoms with E-state index in [0.29, 0.717) is 46.7 Å². The Morgan fingerprint density at radius 3 is 1.90 bits per heavy atom. The van der Waals surface area contributed by atoms with Crippen molar-refractivity contribution in [1.29, 1.82) is 0 Å². The summed E-state index contributed by atoms with van der Waals surface area (Å²) in [5, 5.41) is 2.95. The molecule has 11 heteroatoms. The number of carbonyl (C=O) groups is 3. The van der Waals surface area contributed by atoms with E-state index in [1.807, 2.05) is 24.3 Å². The normalized spacial score (nSPS) is 13.0. The molecule has 5 rings (SSSR count). The van der Waals surface area contributed by atoms with Gasteiger partial charge in [-0.2, -0.15) is 0 Å². The van der Waals surface area contributed by atoms with Crippen molar-refractivity contribution in [3.05, 3.63) is 82.7 Å². The van der Waals surface area contributed by atoms with Crippen LogP contribution in [0.15, 0.2) is 70.3 Å². The van der Waals surface area contributed by atoms with Gasteiger partial charge in [-0.1, -0.05) is 42.5 Å². The van der Waals surface area contributed by atoms with E-state index in [0.717, 1.165) is 16.2 Å². The van der Waals surface area contributed by atoms with Gasteiger partial charge in [-0.05, 0) is 43.0 Å². The topological polar surface area (TPSA) is 119 Å². The molecule has 9 nitrogen and oxygen atoms in total. The summed E-state index contributed by atoms with van der Waals surface area (Å²) in [6.07, 6.45) is -0.207. The molecule has 200 valence electrons. The summed E-state index contributed by atoms with van der Waals surface area (Å²) in [5.74, 6) is -1.14. The summed E-state index contributed by atoms with van der Waals surface area (Å²) in [7, 11) is -3.94. The average molecular weight is 565 g/mol. The molecule has 1 aliphatic heterocycles. The summed E-state index contributed by atoms with van der Waals surface area (Å²) in [6, 6.07) is 16.5. The van der Waals surface area contributed by atoms with Crippen LogP contribution in [0.25, 0.3) is 10.8 Å². The number of anilines is 1. The van der Waals surface area contributed by atoms with Crippen molar-refractivity contribution in [2.75, 3.05) is 18.1 Å². The molecule has 1 aromatic heterocycles. The maximum Gasteiger partial charge on any atom is 0.273 e. The number of benzene rings is 3. The lowest BCUT2D eigenvalue weighted by atomic mass is 9.99. The van der Waals surface area contributed by atoms with E-state index in [1.165, 1.54) is 6.07 Å². The van der Waals surface area contributed by atoms with Crippen LogP contribution in [0, 0.1) is 0 Å². The smallest absolute Gasteiger partial charge is 0.273 e. The number of amides is 3. The van der Waals surface area contributed by atoms with Gasteiger partial charge >= 0.3 is 0 Å². The first-order valence-electron chi connectivity index (χ1n) is 12.2. The number of nitrogens with zero attached hydrogens (tertiary/aromatic N) is 1.